The number of amides is 1. The zero-order valence-corrected chi connectivity index (χ0v) is 25.4. The standard InChI is InChI=1S/C31H33ClF4N4O4/c1-16(2)40(29(41)20-8-5-17(3)6-9-20)25-13-23(33)26(12-21(25)30(42)43)44-28-22(31(34,35)36)11-19(15-38-28)14-37-24-10-7-18(4)39-27(24)32/h7,10-13,15-17,20,37H,5-6,8-9,14H2,1-4H3,(H,42,43). The lowest BCUT2D eigenvalue weighted by molar-refractivity contribution is -0.139. The van der Waals surface area contributed by atoms with Crippen LogP contribution in [0.4, 0.5) is 28.9 Å². The molecule has 0 saturated heterocycles. The van der Waals surface area contributed by atoms with Crippen molar-refractivity contribution in [2.24, 2.45) is 11.8 Å². The van der Waals surface area contributed by atoms with Crippen LogP contribution in [0.5, 0.6) is 11.6 Å². The van der Waals surface area contributed by atoms with Crippen molar-refractivity contribution < 1.29 is 37.0 Å². The number of carbonyl (C=O) groups excluding carboxylic acids is 1. The van der Waals surface area contributed by atoms with Gasteiger partial charge in [-0.3, -0.25) is 4.79 Å². The Bertz CT molecular complexity index is 1540. The van der Waals surface area contributed by atoms with Crippen LogP contribution in [0.2, 0.25) is 5.15 Å². The number of benzene rings is 1. The summed E-state index contributed by atoms with van der Waals surface area (Å²) in [6, 6.07) is 5.18. The molecule has 4 rings (SSSR count). The molecule has 1 aromatic carbocycles. The highest BCUT2D eigenvalue weighted by Gasteiger charge is 2.37. The monoisotopic (exact) mass is 636 g/mol. The van der Waals surface area contributed by atoms with E-state index in [0.717, 1.165) is 37.2 Å². The molecule has 0 bridgehead atoms. The molecule has 1 aliphatic carbocycles. The molecule has 2 N–H and O–H groups in total. The SMILES string of the molecule is Cc1ccc(NCc2cnc(Oc3cc(C(=O)O)c(N(C(=O)C4CCC(C)CC4)C(C)C)cc3F)c(C(F)(F)F)c2)c(Cl)n1. The number of pyridine rings is 2. The van der Waals surface area contributed by atoms with Gasteiger partial charge in [0, 0.05) is 42.5 Å². The Morgan fingerprint density at radius 2 is 1.84 bits per heavy atom. The van der Waals surface area contributed by atoms with Crippen molar-refractivity contribution in [3.05, 3.63) is 69.9 Å². The van der Waals surface area contributed by atoms with Gasteiger partial charge in [-0.2, -0.15) is 13.2 Å². The van der Waals surface area contributed by atoms with E-state index in [0.29, 0.717) is 30.1 Å². The number of hydrogen-bond acceptors (Lipinski definition) is 6. The smallest absolute Gasteiger partial charge is 0.421 e. The van der Waals surface area contributed by atoms with Gasteiger partial charge in [0.1, 0.15) is 5.56 Å². The molecule has 236 valence electrons. The highest BCUT2D eigenvalue weighted by Crippen LogP contribution is 2.40. The van der Waals surface area contributed by atoms with Crippen LogP contribution in [0.15, 0.2) is 36.5 Å². The number of nitrogens with zero attached hydrogens (tertiary/aromatic N) is 3. The van der Waals surface area contributed by atoms with Gasteiger partial charge in [-0.15, -0.1) is 0 Å². The van der Waals surface area contributed by atoms with E-state index in [1.807, 2.05) is 0 Å². The van der Waals surface area contributed by atoms with Gasteiger partial charge in [-0.05, 0) is 76.1 Å². The van der Waals surface area contributed by atoms with Crippen molar-refractivity contribution in [2.75, 3.05) is 10.2 Å². The predicted molar refractivity (Wildman–Crippen MR) is 158 cm³/mol. The molecule has 2 heterocycles. The number of hydrogen-bond donors (Lipinski definition) is 2. The van der Waals surface area contributed by atoms with Crippen LogP contribution in [0.25, 0.3) is 0 Å². The number of anilines is 2. The summed E-state index contributed by atoms with van der Waals surface area (Å²) >= 11 is 6.09. The fourth-order valence-corrected chi connectivity index (χ4v) is 5.44. The summed E-state index contributed by atoms with van der Waals surface area (Å²) in [4.78, 5) is 34.9. The molecular weight excluding hydrogens is 604 g/mol. The fraction of sp³-hybridized carbons (Fsp3) is 0.419. The van der Waals surface area contributed by atoms with Gasteiger partial charge in [0.2, 0.25) is 11.8 Å². The summed E-state index contributed by atoms with van der Waals surface area (Å²) in [5.74, 6) is -4.60. The van der Waals surface area contributed by atoms with E-state index < -0.39 is 46.8 Å². The number of aromatic carboxylic acids is 1. The van der Waals surface area contributed by atoms with Crippen LogP contribution in [0.3, 0.4) is 0 Å². The van der Waals surface area contributed by atoms with Crippen LogP contribution in [-0.4, -0.2) is 33.0 Å². The molecule has 2 aromatic heterocycles. The molecule has 1 saturated carbocycles. The Balaban J connectivity index is 1.65. The Morgan fingerprint density at radius 1 is 1.16 bits per heavy atom. The number of carboxylic acids is 1. The van der Waals surface area contributed by atoms with Crippen LogP contribution in [-0.2, 0) is 17.5 Å². The van der Waals surface area contributed by atoms with E-state index >= 15 is 4.39 Å². The summed E-state index contributed by atoms with van der Waals surface area (Å²) in [6.45, 7) is 7.10. The molecule has 1 amide bonds. The summed E-state index contributed by atoms with van der Waals surface area (Å²) < 4.78 is 62.9. The van der Waals surface area contributed by atoms with Gasteiger partial charge in [0.05, 0.1) is 16.9 Å². The second kappa shape index (κ2) is 13.4. The maximum Gasteiger partial charge on any atom is 0.421 e. The maximum atomic E-state index is 15.4. The molecular formula is C31H33ClF4N4O4. The number of carboxylic acid groups (broad SMARTS) is 1. The lowest BCUT2D eigenvalue weighted by Gasteiger charge is -2.34. The first kappa shape index (κ1) is 33.0. The van der Waals surface area contributed by atoms with Gasteiger partial charge in [0.15, 0.2) is 16.7 Å². The number of rotatable bonds is 9. The number of aromatic nitrogens is 2. The normalized spacial score (nSPS) is 17.0. The molecule has 1 aliphatic rings. The average molecular weight is 637 g/mol. The molecule has 0 unspecified atom stereocenters. The second-order valence-electron chi connectivity index (χ2n) is 11.3. The van der Waals surface area contributed by atoms with E-state index in [1.165, 1.54) is 4.90 Å². The van der Waals surface area contributed by atoms with Crippen LogP contribution >= 0.6 is 11.6 Å². The zero-order valence-electron chi connectivity index (χ0n) is 24.6. The quantitative estimate of drug-likeness (QED) is 0.180. The molecule has 0 atom stereocenters. The molecule has 1 fully saturated rings. The summed E-state index contributed by atoms with van der Waals surface area (Å²) in [7, 11) is 0. The minimum absolute atomic E-state index is 0.0913. The number of ether oxygens (including phenoxy) is 1. The third-order valence-corrected chi connectivity index (χ3v) is 7.84. The van der Waals surface area contributed by atoms with Crippen LogP contribution in [0, 0.1) is 24.6 Å². The largest absolute Gasteiger partial charge is 0.478 e. The van der Waals surface area contributed by atoms with E-state index in [-0.39, 0.29) is 34.8 Å². The summed E-state index contributed by atoms with van der Waals surface area (Å²) in [5, 5.41) is 13.0. The molecule has 0 radical (unpaired) electrons. The number of aryl methyl sites for hydroxylation is 1. The lowest BCUT2D eigenvalue weighted by atomic mass is 9.82. The third kappa shape index (κ3) is 7.58. The Labute approximate surface area is 257 Å². The Hall–Kier alpha value is -3.93. The van der Waals surface area contributed by atoms with Gasteiger partial charge in [-0.25, -0.2) is 19.2 Å². The van der Waals surface area contributed by atoms with Gasteiger partial charge < -0.3 is 20.1 Å². The van der Waals surface area contributed by atoms with Crippen molar-refractivity contribution in [3.63, 3.8) is 0 Å². The van der Waals surface area contributed by atoms with E-state index in [1.54, 1.807) is 32.9 Å². The Kier molecular flexibility index (Phi) is 10.0. The number of nitrogens with one attached hydrogen (secondary N) is 1. The highest BCUT2D eigenvalue weighted by atomic mass is 35.5. The van der Waals surface area contributed by atoms with Crippen molar-refractivity contribution in [1.29, 1.82) is 0 Å². The summed E-state index contributed by atoms with van der Waals surface area (Å²) in [6.07, 6.45) is -0.887. The second-order valence-corrected chi connectivity index (χ2v) is 11.7. The van der Waals surface area contributed by atoms with Gasteiger partial charge in [-0.1, -0.05) is 18.5 Å². The zero-order chi connectivity index (χ0) is 32.3. The lowest BCUT2D eigenvalue weighted by Crippen LogP contribution is -2.43. The first-order valence-electron chi connectivity index (χ1n) is 14.2. The number of carbonyl (C=O) groups is 2. The molecule has 0 spiro atoms. The van der Waals surface area contributed by atoms with Crippen molar-refractivity contribution in [1.82, 2.24) is 9.97 Å². The third-order valence-electron chi connectivity index (χ3n) is 7.55. The minimum atomic E-state index is -4.94. The first-order valence-corrected chi connectivity index (χ1v) is 14.5. The molecule has 44 heavy (non-hydrogen) atoms. The highest BCUT2D eigenvalue weighted by molar-refractivity contribution is 6.32. The van der Waals surface area contributed by atoms with Crippen molar-refractivity contribution in [2.45, 2.75) is 72.1 Å². The van der Waals surface area contributed by atoms with Gasteiger partial charge in [0.25, 0.3) is 0 Å². The summed E-state index contributed by atoms with van der Waals surface area (Å²) in [5.41, 5.74) is -0.804. The Morgan fingerprint density at radius 3 is 2.43 bits per heavy atom. The van der Waals surface area contributed by atoms with Crippen LogP contribution < -0.4 is 15.0 Å². The average Bonchev–Trinajstić information content (AvgIpc) is 2.94. The van der Waals surface area contributed by atoms with Gasteiger partial charge >= 0.3 is 12.1 Å². The minimum Gasteiger partial charge on any atom is -0.478 e. The van der Waals surface area contributed by atoms with Crippen molar-refractivity contribution >= 4 is 34.9 Å². The van der Waals surface area contributed by atoms with E-state index in [2.05, 4.69) is 22.2 Å². The number of halogens is 5. The first-order chi connectivity index (χ1) is 20.6. The topological polar surface area (TPSA) is 105 Å². The molecule has 8 nitrogen and oxygen atoms in total. The molecule has 0 aliphatic heterocycles. The van der Waals surface area contributed by atoms with E-state index in [9.17, 15) is 27.9 Å². The van der Waals surface area contributed by atoms with Crippen molar-refractivity contribution in [3.8, 4) is 11.6 Å². The number of alkyl halides is 3. The maximum absolute atomic E-state index is 15.4. The molecule has 3 aromatic rings. The molecule has 13 heteroatoms. The fourth-order valence-electron chi connectivity index (χ4n) is 5.18. The van der Waals surface area contributed by atoms with Crippen LogP contribution in [0.1, 0.15) is 73.6 Å². The van der Waals surface area contributed by atoms with E-state index in [4.69, 9.17) is 16.3 Å². The predicted octanol–water partition coefficient (Wildman–Crippen LogP) is 8.27.